The molecule has 0 fully saturated rings. The molecule has 34 heavy (non-hydrogen) atoms. The number of nitrogens with one attached hydrogen (secondary N) is 1. The lowest BCUT2D eigenvalue weighted by Gasteiger charge is -2.37. The summed E-state index contributed by atoms with van der Waals surface area (Å²) in [6, 6.07) is 19.8. The van der Waals surface area contributed by atoms with E-state index in [2.05, 4.69) is 15.5 Å². The first kappa shape index (κ1) is 21.9. The second-order valence-corrected chi connectivity index (χ2v) is 8.43. The zero-order valence-corrected chi connectivity index (χ0v) is 19.2. The molecule has 5 nitrogen and oxygen atoms in total. The molecule has 2 heterocycles. The Labute approximate surface area is 200 Å². The molecule has 170 valence electrons. The number of aromatic nitrogens is 2. The number of benzene rings is 3. The molecule has 0 saturated heterocycles. The molecule has 3 aromatic carbocycles. The van der Waals surface area contributed by atoms with Crippen molar-refractivity contribution in [2.75, 3.05) is 4.90 Å². The molecule has 1 aromatic heterocycles. The maximum absolute atomic E-state index is 14.0. The highest BCUT2D eigenvalue weighted by Gasteiger charge is 2.34. The molecule has 5 rings (SSSR count). The van der Waals surface area contributed by atoms with Crippen LogP contribution in [0.25, 0.3) is 17.0 Å². The molecule has 1 atom stereocenters. The van der Waals surface area contributed by atoms with Crippen molar-refractivity contribution in [3.8, 4) is 11.4 Å². The van der Waals surface area contributed by atoms with Crippen LogP contribution in [0, 0.1) is 18.6 Å². The Balaban J connectivity index is 1.66. The van der Waals surface area contributed by atoms with Crippen molar-refractivity contribution < 1.29 is 13.3 Å². The smallest absolute Gasteiger partial charge is 0.258 e. The lowest BCUT2D eigenvalue weighted by Crippen LogP contribution is -2.46. The summed E-state index contributed by atoms with van der Waals surface area (Å²) >= 11 is 5.68. The molecular weight excluding hydrogens is 454 g/mol. The summed E-state index contributed by atoms with van der Waals surface area (Å²) in [6.45, 7) is 3.89. The molecule has 0 spiro atoms. The van der Waals surface area contributed by atoms with Crippen LogP contribution < -0.4 is 10.2 Å². The molecule has 4 aromatic rings. The average Bonchev–Trinajstić information content (AvgIpc) is 3.29. The summed E-state index contributed by atoms with van der Waals surface area (Å²) in [7, 11) is 0. The Kier molecular flexibility index (Phi) is 5.67. The van der Waals surface area contributed by atoms with Crippen molar-refractivity contribution in [3.63, 3.8) is 0 Å². The van der Waals surface area contributed by atoms with E-state index in [1.807, 2.05) is 38.1 Å². The quantitative estimate of drug-likeness (QED) is 0.356. The van der Waals surface area contributed by atoms with Crippen LogP contribution in [0.1, 0.15) is 30.0 Å². The van der Waals surface area contributed by atoms with Crippen LogP contribution in [0.2, 0.25) is 0 Å². The third-order valence-corrected chi connectivity index (χ3v) is 6.00. The third-order valence-electron chi connectivity index (χ3n) is 5.70. The molecule has 1 N–H and O–H groups in total. The number of aryl methyl sites for hydroxylation is 1. The molecule has 1 unspecified atom stereocenters. The van der Waals surface area contributed by atoms with Gasteiger partial charge >= 0.3 is 0 Å². The van der Waals surface area contributed by atoms with Gasteiger partial charge in [0, 0.05) is 11.3 Å². The van der Waals surface area contributed by atoms with Crippen LogP contribution in [0.3, 0.4) is 0 Å². The fourth-order valence-corrected chi connectivity index (χ4v) is 4.39. The van der Waals surface area contributed by atoms with Gasteiger partial charge in [-0.2, -0.15) is 4.98 Å². The van der Waals surface area contributed by atoms with Gasteiger partial charge in [-0.1, -0.05) is 53.2 Å². The first-order valence-corrected chi connectivity index (χ1v) is 11.0. The molecule has 0 bridgehead atoms. The van der Waals surface area contributed by atoms with Gasteiger partial charge in [-0.15, -0.1) is 0 Å². The topological polar surface area (TPSA) is 54.2 Å². The molecule has 1 aliphatic rings. The van der Waals surface area contributed by atoms with Gasteiger partial charge in [-0.05, 0) is 62.0 Å². The zero-order valence-electron chi connectivity index (χ0n) is 18.4. The van der Waals surface area contributed by atoms with Gasteiger partial charge in [0.25, 0.3) is 5.89 Å². The maximum Gasteiger partial charge on any atom is 0.258 e. The second-order valence-electron chi connectivity index (χ2n) is 8.04. The summed E-state index contributed by atoms with van der Waals surface area (Å²) in [5, 5.41) is 7.85. The highest BCUT2D eigenvalue weighted by Crippen LogP contribution is 2.39. The number of allylic oxidation sites excluding steroid dienone is 1. The SMILES string of the molecule is CC1=C(c2nc(-c3cccc(F)c3)no2)C(c2ccc(C)cc2)NC(=S)N1c1cccc(F)c1. The van der Waals surface area contributed by atoms with Crippen LogP contribution in [-0.4, -0.2) is 15.3 Å². The molecule has 0 aliphatic carbocycles. The maximum atomic E-state index is 14.0. The molecular formula is C26H20F2N4OS. The van der Waals surface area contributed by atoms with Crippen LogP contribution in [0.15, 0.2) is 83.0 Å². The van der Waals surface area contributed by atoms with Crippen LogP contribution in [0.4, 0.5) is 14.5 Å². The lowest BCUT2D eigenvalue weighted by atomic mass is 9.94. The fraction of sp³-hybridized carbons (Fsp3) is 0.115. The summed E-state index contributed by atoms with van der Waals surface area (Å²) in [6.07, 6.45) is 0. The molecule has 0 saturated carbocycles. The van der Waals surface area contributed by atoms with Crippen LogP contribution in [-0.2, 0) is 0 Å². The Morgan fingerprint density at radius 1 is 0.941 bits per heavy atom. The Hall–Kier alpha value is -3.91. The van der Waals surface area contributed by atoms with E-state index in [1.54, 1.807) is 29.2 Å². The monoisotopic (exact) mass is 474 g/mol. The van der Waals surface area contributed by atoms with E-state index < -0.39 is 5.82 Å². The van der Waals surface area contributed by atoms with Gasteiger partial charge < -0.3 is 9.84 Å². The minimum Gasteiger partial charge on any atom is -0.351 e. The summed E-state index contributed by atoms with van der Waals surface area (Å²) in [5.41, 5.74) is 4.55. The van der Waals surface area contributed by atoms with Crippen molar-refractivity contribution in [1.29, 1.82) is 0 Å². The van der Waals surface area contributed by atoms with E-state index in [1.165, 1.54) is 24.3 Å². The fourth-order valence-electron chi connectivity index (χ4n) is 4.03. The molecule has 0 radical (unpaired) electrons. The number of hydrogen-bond acceptors (Lipinski definition) is 4. The van der Waals surface area contributed by atoms with Gasteiger partial charge in [-0.25, -0.2) is 8.78 Å². The van der Waals surface area contributed by atoms with Gasteiger partial charge in [-0.3, -0.25) is 4.90 Å². The Morgan fingerprint density at radius 2 is 1.65 bits per heavy atom. The van der Waals surface area contributed by atoms with Crippen LogP contribution >= 0.6 is 12.2 Å². The first-order valence-electron chi connectivity index (χ1n) is 10.6. The standard InChI is InChI=1S/C26H20F2N4OS/c1-15-9-11-17(12-10-15)23-22(25-30-24(31-33-25)18-5-3-6-19(27)13-18)16(2)32(26(34)29-23)21-8-4-7-20(28)14-21/h3-14,23H,1-2H3,(H,29,34). The summed E-state index contributed by atoms with van der Waals surface area (Å²) < 4.78 is 33.4. The second kappa shape index (κ2) is 8.79. The number of halogens is 2. The number of anilines is 1. The van der Waals surface area contributed by atoms with E-state index >= 15 is 0 Å². The molecule has 1 aliphatic heterocycles. The number of hydrogen-bond donors (Lipinski definition) is 1. The van der Waals surface area contributed by atoms with Gasteiger partial charge in [0.15, 0.2) is 5.11 Å². The minimum absolute atomic E-state index is 0.263. The third kappa shape index (κ3) is 4.08. The number of rotatable bonds is 4. The Bertz CT molecular complexity index is 1410. The van der Waals surface area contributed by atoms with E-state index in [0.717, 1.165) is 16.8 Å². The predicted octanol–water partition coefficient (Wildman–Crippen LogP) is 6.19. The van der Waals surface area contributed by atoms with Crippen molar-refractivity contribution in [3.05, 3.63) is 107 Å². The summed E-state index contributed by atoms with van der Waals surface area (Å²) in [4.78, 5) is 6.31. The van der Waals surface area contributed by atoms with Crippen molar-refractivity contribution in [1.82, 2.24) is 15.5 Å². The molecule has 0 amide bonds. The van der Waals surface area contributed by atoms with Crippen molar-refractivity contribution in [2.45, 2.75) is 19.9 Å². The summed E-state index contributed by atoms with van der Waals surface area (Å²) in [5.74, 6) is -0.234. The van der Waals surface area contributed by atoms with Gasteiger partial charge in [0.05, 0.1) is 17.3 Å². The van der Waals surface area contributed by atoms with E-state index in [4.69, 9.17) is 16.7 Å². The average molecular weight is 475 g/mol. The van der Waals surface area contributed by atoms with Gasteiger partial charge in [0.1, 0.15) is 11.6 Å². The zero-order chi connectivity index (χ0) is 23.8. The van der Waals surface area contributed by atoms with Gasteiger partial charge in [0.2, 0.25) is 5.82 Å². The predicted molar refractivity (Wildman–Crippen MR) is 131 cm³/mol. The minimum atomic E-state index is -0.390. The Morgan fingerprint density at radius 3 is 2.35 bits per heavy atom. The van der Waals surface area contributed by atoms with E-state index in [-0.39, 0.29) is 23.6 Å². The largest absolute Gasteiger partial charge is 0.351 e. The normalized spacial score (nSPS) is 16.1. The number of thiocarbonyl (C=S) groups is 1. The van der Waals surface area contributed by atoms with Crippen LogP contribution in [0.5, 0.6) is 0 Å². The highest BCUT2D eigenvalue weighted by molar-refractivity contribution is 7.80. The highest BCUT2D eigenvalue weighted by atomic mass is 32.1. The lowest BCUT2D eigenvalue weighted by molar-refractivity contribution is 0.404. The van der Waals surface area contributed by atoms with Crippen molar-refractivity contribution in [2.24, 2.45) is 0 Å². The first-order chi connectivity index (χ1) is 16.4. The van der Waals surface area contributed by atoms with E-state index in [0.29, 0.717) is 21.9 Å². The van der Waals surface area contributed by atoms with Crippen molar-refractivity contribution >= 4 is 28.6 Å². The van der Waals surface area contributed by atoms with E-state index in [9.17, 15) is 8.78 Å². The molecule has 8 heteroatoms. The number of nitrogens with zero attached hydrogens (tertiary/aromatic N) is 3.